The van der Waals surface area contributed by atoms with Gasteiger partial charge in [-0.3, -0.25) is 0 Å². The van der Waals surface area contributed by atoms with Crippen LogP contribution in [0.1, 0.15) is 26.3 Å². The van der Waals surface area contributed by atoms with E-state index < -0.39 is 0 Å². The van der Waals surface area contributed by atoms with Gasteiger partial charge in [-0.15, -0.1) is 0 Å². The quantitative estimate of drug-likeness (QED) is 0.905. The smallest absolute Gasteiger partial charge is 0.174 e. The SMILES string of the molecule is COc1ccc(C(C)(C)C)cc1-c1cnc(Br)[nH]1. The van der Waals surface area contributed by atoms with E-state index in [9.17, 15) is 0 Å². The standard InChI is InChI=1S/C14H17BrN2O/c1-14(2,3)9-5-6-12(18-4)10(7-9)11-8-16-13(15)17-11/h5-8H,1-4H3,(H,16,17). The Morgan fingerprint density at radius 2 is 2.00 bits per heavy atom. The molecule has 1 heterocycles. The van der Waals surface area contributed by atoms with Gasteiger partial charge in [0.25, 0.3) is 0 Å². The lowest BCUT2D eigenvalue weighted by Crippen LogP contribution is -2.11. The number of imidazole rings is 1. The van der Waals surface area contributed by atoms with Crippen molar-refractivity contribution in [3.63, 3.8) is 0 Å². The molecule has 96 valence electrons. The number of methoxy groups -OCH3 is 1. The van der Waals surface area contributed by atoms with Gasteiger partial charge in [-0.05, 0) is 39.0 Å². The first kappa shape index (κ1) is 13.1. The highest BCUT2D eigenvalue weighted by Gasteiger charge is 2.17. The van der Waals surface area contributed by atoms with Gasteiger partial charge in [-0.2, -0.15) is 0 Å². The summed E-state index contributed by atoms with van der Waals surface area (Å²) in [4.78, 5) is 7.34. The number of ether oxygens (including phenoxy) is 1. The van der Waals surface area contributed by atoms with Crippen molar-refractivity contribution in [2.24, 2.45) is 0 Å². The highest BCUT2D eigenvalue weighted by molar-refractivity contribution is 9.10. The molecule has 2 rings (SSSR count). The molecule has 1 N–H and O–H groups in total. The maximum Gasteiger partial charge on any atom is 0.174 e. The zero-order chi connectivity index (χ0) is 13.3. The summed E-state index contributed by atoms with van der Waals surface area (Å²) in [5.41, 5.74) is 3.36. The van der Waals surface area contributed by atoms with Gasteiger partial charge in [-0.25, -0.2) is 4.98 Å². The first-order chi connectivity index (χ1) is 8.41. The van der Waals surface area contributed by atoms with E-state index in [1.165, 1.54) is 5.56 Å². The number of nitrogens with one attached hydrogen (secondary N) is 1. The largest absolute Gasteiger partial charge is 0.496 e. The minimum absolute atomic E-state index is 0.109. The third-order valence-corrected chi connectivity index (χ3v) is 3.30. The molecule has 3 nitrogen and oxygen atoms in total. The molecule has 0 spiro atoms. The predicted octanol–water partition coefficient (Wildman–Crippen LogP) is 4.15. The van der Waals surface area contributed by atoms with Crippen LogP contribution in [0.4, 0.5) is 0 Å². The van der Waals surface area contributed by atoms with Crippen LogP contribution < -0.4 is 4.74 Å². The van der Waals surface area contributed by atoms with Gasteiger partial charge in [0.2, 0.25) is 0 Å². The highest BCUT2D eigenvalue weighted by Crippen LogP contribution is 2.34. The second-order valence-electron chi connectivity index (χ2n) is 5.25. The van der Waals surface area contributed by atoms with Crippen molar-refractivity contribution in [2.75, 3.05) is 7.11 Å². The Morgan fingerprint density at radius 1 is 1.28 bits per heavy atom. The van der Waals surface area contributed by atoms with Crippen LogP contribution in [0.2, 0.25) is 0 Å². The molecule has 0 radical (unpaired) electrons. The first-order valence-electron chi connectivity index (χ1n) is 5.81. The lowest BCUT2D eigenvalue weighted by atomic mass is 9.86. The van der Waals surface area contributed by atoms with E-state index in [1.54, 1.807) is 13.3 Å². The summed E-state index contributed by atoms with van der Waals surface area (Å²) in [6.45, 7) is 6.59. The van der Waals surface area contributed by atoms with Crippen molar-refractivity contribution in [3.8, 4) is 17.0 Å². The Bertz CT molecular complexity index is 555. The fraction of sp³-hybridized carbons (Fsp3) is 0.357. The van der Waals surface area contributed by atoms with E-state index >= 15 is 0 Å². The average molecular weight is 309 g/mol. The van der Waals surface area contributed by atoms with Crippen molar-refractivity contribution >= 4 is 15.9 Å². The third kappa shape index (κ3) is 2.58. The Labute approximate surface area is 116 Å². The number of aromatic nitrogens is 2. The highest BCUT2D eigenvalue weighted by atomic mass is 79.9. The van der Waals surface area contributed by atoms with Crippen molar-refractivity contribution < 1.29 is 4.74 Å². The summed E-state index contributed by atoms with van der Waals surface area (Å²) in [7, 11) is 1.68. The molecule has 0 aliphatic heterocycles. The molecule has 0 unspecified atom stereocenters. The number of rotatable bonds is 2. The van der Waals surface area contributed by atoms with Gasteiger partial charge in [0.05, 0.1) is 19.0 Å². The summed E-state index contributed by atoms with van der Waals surface area (Å²) in [6.07, 6.45) is 1.80. The van der Waals surface area contributed by atoms with E-state index in [4.69, 9.17) is 4.74 Å². The number of hydrogen-bond acceptors (Lipinski definition) is 2. The van der Waals surface area contributed by atoms with Crippen LogP contribution in [-0.2, 0) is 5.41 Å². The van der Waals surface area contributed by atoms with Gasteiger partial charge in [-0.1, -0.05) is 26.8 Å². The Morgan fingerprint density at radius 3 is 2.50 bits per heavy atom. The summed E-state index contributed by atoms with van der Waals surface area (Å²) < 4.78 is 6.14. The summed E-state index contributed by atoms with van der Waals surface area (Å²) in [5, 5.41) is 0. The molecule has 0 amide bonds. The third-order valence-electron chi connectivity index (χ3n) is 2.90. The molecule has 18 heavy (non-hydrogen) atoms. The molecular weight excluding hydrogens is 292 g/mol. The number of H-pyrrole nitrogens is 1. The van der Waals surface area contributed by atoms with Crippen LogP contribution >= 0.6 is 15.9 Å². The van der Waals surface area contributed by atoms with Crippen LogP contribution in [0.5, 0.6) is 5.75 Å². The maximum atomic E-state index is 5.41. The Kier molecular flexibility index (Phi) is 3.48. The predicted molar refractivity (Wildman–Crippen MR) is 77.0 cm³/mol. The van der Waals surface area contributed by atoms with E-state index in [1.807, 2.05) is 6.07 Å². The minimum atomic E-state index is 0.109. The number of benzene rings is 1. The molecule has 2 aromatic rings. The van der Waals surface area contributed by atoms with Crippen LogP contribution in [0.25, 0.3) is 11.3 Å². The number of halogens is 1. The zero-order valence-electron chi connectivity index (χ0n) is 11.0. The monoisotopic (exact) mass is 308 g/mol. The average Bonchev–Trinajstić information content (AvgIpc) is 2.73. The fourth-order valence-corrected chi connectivity index (χ4v) is 2.13. The molecule has 1 aromatic carbocycles. The Balaban J connectivity index is 2.56. The van der Waals surface area contributed by atoms with Gasteiger partial charge >= 0.3 is 0 Å². The van der Waals surface area contributed by atoms with E-state index in [0.717, 1.165) is 21.7 Å². The molecule has 0 atom stereocenters. The Hall–Kier alpha value is -1.29. The van der Waals surface area contributed by atoms with Gasteiger partial charge in [0.1, 0.15) is 5.75 Å². The van der Waals surface area contributed by atoms with E-state index in [0.29, 0.717) is 0 Å². The van der Waals surface area contributed by atoms with Gasteiger partial charge in [0.15, 0.2) is 4.73 Å². The summed E-state index contributed by atoms with van der Waals surface area (Å²) in [5.74, 6) is 0.846. The lowest BCUT2D eigenvalue weighted by molar-refractivity contribution is 0.415. The van der Waals surface area contributed by atoms with E-state index in [2.05, 4.69) is 58.8 Å². The minimum Gasteiger partial charge on any atom is -0.496 e. The lowest BCUT2D eigenvalue weighted by Gasteiger charge is -2.20. The van der Waals surface area contributed by atoms with Crippen LogP contribution in [0, 0.1) is 0 Å². The fourth-order valence-electron chi connectivity index (χ4n) is 1.82. The van der Waals surface area contributed by atoms with Crippen molar-refractivity contribution in [3.05, 3.63) is 34.7 Å². The second-order valence-corrected chi connectivity index (χ2v) is 6.00. The second kappa shape index (κ2) is 4.76. The first-order valence-corrected chi connectivity index (χ1v) is 6.60. The number of aromatic amines is 1. The zero-order valence-corrected chi connectivity index (χ0v) is 12.6. The number of hydrogen-bond donors (Lipinski definition) is 1. The molecular formula is C14H17BrN2O. The van der Waals surface area contributed by atoms with Gasteiger partial charge < -0.3 is 9.72 Å². The van der Waals surface area contributed by atoms with Crippen molar-refractivity contribution in [1.82, 2.24) is 9.97 Å². The van der Waals surface area contributed by atoms with Crippen LogP contribution in [-0.4, -0.2) is 17.1 Å². The van der Waals surface area contributed by atoms with E-state index in [-0.39, 0.29) is 5.41 Å². The molecule has 1 aromatic heterocycles. The van der Waals surface area contributed by atoms with Crippen LogP contribution in [0.15, 0.2) is 29.1 Å². The summed E-state index contributed by atoms with van der Waals surface area (Å²) >= 11 is 3.33. The molecule has 0 fully saturated rings. The van der Waals surface area contributed by atoms with Gasteiger partial charge in [0, 0.05) is 5.56 Å². The maximum absolute atomic E-state index is 5.41. The molecule has 0 saturated heterocycles. The van der Waals surface area contributed by atoms with Crippen LogP contribution in [0.3, 0.4) is 0 Å². The molecule has 0 saturated carbocycles. The molecule has 0 bridgehead atoms. The van der Waals surface area contributed by atoms with Crippen molar-refractivity contribution in [2.45, 2.75) is 26.2 Å². The topological polar surface area (TPSA) is 37.9 Å². The summed E-state index contributed by atoms with van der Waals surface area (Å²) in [6, 6.07) is 6.26. The molecule has 0 aliphatic carbocycles. The molecule has 0 aliphatic rings. The number of nitrogens with zero attached hydrogens (tertiary/aromatic N) is 1. The normalized spacial score (nSPS) is 11.6. The van der Waals surface area contributed by atoms with Crippen molar-refractivity contribution in [1.29, 1.82) is 0 Å². The molecule has 4 heteroatoms.